The second kappa shape index (κ2) is 7.58. The van der Waals surface area contributed by atoms with Gasteiger partial charge in [0.1, 0.15) is 5.75 Å². The summed E-state index contributed by atoms with van der Waals surface area (Å²) in [7, 11) is 0. The van der Waals surface area contributed by atoms with Crippen LogP contribution in [-0.4, -0.2) is 35.9 Å². The lowest BCUT2D eigenvalue weighted by Gasteiger charge is -2.18. The van der Waals surface area contributed by atoms with Crippen molar-refractivity contribution in [2.75, 3.05) is 19.6 Å². The molecule has 0 bridgehead atoms. The summed E-state index contributed by atoms with van der Waals surface area (Å²) in [6.07, 6.45) is -2.82. The van der Waals surface area contributed by atoms with Crippen LogP contribution in [0.4, 0.5) is 13.2 Å². The Hall–Kier alpha value is -1.35. The number of hydrogen-bond donors (Lipinski definition) is 1. The number of halogens is 4. The maximum absolute atomic E-state index is 12.3. The van der Waals surface area contributed by atoms with Crippen LogP contribution in [0.3, 0.4) is 0 Å². The summed E-state index contributed by atoms with van der Waals surface area (Å²) >= 11 is 7.40. The van der Waals surface area contributed by atoms with E-state index in [0.717, 1.165) is 31.7 Å². The van der Waals surface area contributed by atoms with E-state index in [0.29, 0.717) is 28.8 Å². The molecule has 2 heterocycles. The van der Waals surface area contributed by atoms with Crippen LogP contribution in [0.25, 0.3) is 0 Å². The van der Waals surface area contributed by atoms with E-state index in [2.05, 4.69) is 19.9 Å². The molecule has 27 heavy (non-hydrogen) atoms. The van der Waals surface area contributed by atoms with Crippen molar-refractivity contribution in [2.24, 2.45) is 17.8 Å². The fourth-order valence-corrected chi connectivity index (χ4v) is 5.00. The van der Waals surface area contributed by atoms with Crippen molar-refractivity contribution in [1.29, 1.82) is 0 Å². The molecular formula is C18H19ClF3N3OS. The Labute approximate surface area is 164 Å². The lowest BCUT2D eigenvalue weighted by atomic mass is 10.2. The van der Waals surface area contributed by atoms with Gasteiger partial charge in [0, 0.05) is 37.3 Å². The highest BCUT2D eigenvalue weighted by molar-refractivity contribution is 7.15. The third-order valence-corrected chi connectivity index (χ3v) is 6.29. The van der Waals surface area contributed by atoms with Gasteiger partial charge in [-0.15, -0.1) is 24.5 Å². The molecule has 4 nitrogen and oxygen atoms in total. The third-order valence-electron chi connectivity index (χ3n) is 5.19. The molecule has 0 amide bonds. The average molecular weight is 418 g/mol. The molecule has 1 aromatic carbocycles. The third kappa shape index (κ3) is 4.93. The van der Waals surface area contributed by atoms with Gasteiger partial charge in [-0.3, -0.25) is 4.90 Å². The number of aromatic nitrogens is 1. The van der Waals surface area contributed by atoms with Crippen molar-refractivity contribution in [2.45, 2.75) is 19.5 Å². The maximum atomic E-state index is 12.3. The Kier molecular flexibility index (Phi) is 5.33. The van der Waals surface area contributed by atoms with Gasteiger partial charge < -0.3 is 10.1 Å². The maximum Gasteiger partial charge on any atom is 0.573 e. The number of likely N-dealkylation sites (tertiary alicyclic amines) is 1. The summed E-state index contributed by atoms with van der Waals surface area (Å²) < 4.78 is 41.4. The van der Waals surface area contributed by atoms with Gasteiger partial charge >= 0.3 is 6.36 Å². The number of piperidine rings is 1. The topological polar surface area (TPSA) is 37.4 Å². The summed E-state index contributed by atoms with van der Waals surface area (Å²) in [5, 5.41) is 3.37. The van der Waals surface area contributed by atoms with E-state index in [1.54, 1.807) is 12.1 Å². The molecule has 0 spiro atoms. The number of fused-ring (bicyclic) bond motifs is 1. The van der Waals surface area contributed by atoms with Crippen LogP contribution in [0.2, 0.25) is 4.47 Å². The SMILES string of the molecule is FC(F)(F)Oc1cccc(CNCC2C3CN(Cc4cnc(Cl)s4)CC23)c1. The monoisotopic (exact) mass is 417 g/mol. The van der Waals surface area contributed by atoms with Gasteiger partial charge in [-0.1, -0.05) is 23.7 Å². The number of thiazole rings is 1. The molecule has 146 valence electrons. The zero-order valence-electron chi connectivity index (χ0n) is 14.4. The number of benzene rings is 1. The van der Waals surface area contributed by atoms with Gasteiger partial charge in [0.25, 0.3) is 0 Å². The smallest absolute Gasteiger partial charge is 0.406 e. The fourth-order valence-electron chi connectivity index (χ4n) is 3.98. The molecule has 0 radical (unpaired) electrons. The first-order valence-electron chi connectivity index (χ1n) is 8.75. The molecule has 2 atom stereocenters. The van der Waals surface area contributed by atoms with Crippen LogP contribution < -0.4 is 10.1 Å². The molecule has 1 saturated heterocycles. The van der Waals surface area contributed by atoms with Crippen LogP contribution in [0.5, 0.6) is 5.75 Å². The van der Waals surface area contributed by atoms with Crippen LogP contribution >= 0.6 is 22.9 Å². The normalized spacial score (nSPS) is 24.8. The molecule has 2 fully saturated rings. The van der Waals surface area contributed by atoms with Crippen LogP contribution in [0, 0.1) is 17.8 Å². The highest BCUT2D eigenvalue weighted by Gasteiger charge is 2.54. The van der Waals surface area contributed by atoms with Crippen molar-refractivity contribution in [3.8, 4) is 5.75 Å². The second-order valence-electron chi connectivity index (χ2n) is 7.09. The van der Waals surface area contributed by atoms with Crippen molar-refractivity contribution in [3.05, 3.63) is 45.4 Å². The van der Waals surface area contributed by atoms with Gasteiger partial charge in [-0.25, -0.2) is 4.98 Å². The van der Waals surface area contributed by atoms with E-state index in [1.807, 2.05) is 6.20 Å². The first-order valence-corrected chi connectivity index (χ1v) is 9.95. The molecule has 9 heteroatoms. The van der Waals surface area contributed by atoms with Crippen molar-refractivity contribution < 1.29 is 17.9 Å². The molecule has 1 aliphatic heterocycles. The number of hydrogen-bond acceptors (Lipinski definition) is 5. The lowest BCUT2D eigenvalue weighted by molar-refractivity contribution is -0.274. The Morgan fingerprint density at radius 1 is 1.30 bits per heavy atom. The second-order valence-corrected chi connectivity index (χ2v) is 8.79. The van der Waals surface area contributed by atoms with E-state index in [1.165, 1.54) is 28.3 Å². The minimum atomic E-state index is -4.66. The molecule has 2 aromatic rings. The zero-order valence-corrected chi connectivity index (χ0v) is 15.9. The molecule has 2 unspecified atom stereocenters. The molecule has 1 aliphatic carbocycles. The van der Waals surface area contributed by atoms with Gasteiger partial charge in [0.2, 0.25) is 0 Å². The largest absolute Gasteiger partial charge is 0.573 e. The average Bonchev–Trinajstić information content (AvgIpc) is 2.92. The quantitative estimate of drug-likeness (QED) is 0.734. The Morgan fingerprint density at radius 3 is 2.74 bits per heavy atom. The van der Waals surface area contributed by atoms with Gasteiger partial charge in [-0.2, -0.15) is 0 Å². The van der Waals surface area contributed by atoms with Crippen LogP contribution in [-0.2, 0) is 13.1 Å². The fraction of sp³-hybridized carbons (Fsp3) is 0.500. The van der Waals surface area contributed by atoms with Gasteiger partial charge in [0.05, 0.1) is 0 Å². The predicted octanol–water partition coefficient (Wildman–Crippen LogP) is 4.16. The highest BCUT2D eigenvalue weighted by Crippen LogP contribution is 2.51. The number of ether oxygens (including phenoxy) is 1. The lowest BCUT2D eigenvalue weighted by Crippen LogP contribution is -2.27. The predicted molar refractivity (Wildman–Crippen MR) is 97.7 cm³/mol. The van der Waals surface area contributed by atoms with Gasteiger partial charge in [0.15, 0.2) is 4.47 Å². The Bertz CT molecular complexity index is 788. The molecule has 2 aliphatic rings. The molecular weight excluding hydrogens is 399 g/mol. The minimum Gasteiger partial charge on any atom is -0.406 e. The standard InChI is InChI=1S/C18H19ClF3N3OS/c19-17-24-6-13(27-17)8-25-9-15-14(16(15)10-25)7-23-5-11-2-1-3-12(4-11)26-18(20,21)22/h1-4,6,14-16,23H,5,7-10H2. The number of rotatable bonds is 7. The van der Waals surface area contributed by atoms with Crippen molar-refractivity contribution in [1.82, 2.24) is 15.2 Å². The van der Waals surface area contributed by atoms with E-state index >= 15 is 0 Å². The number of nitrogens with zero attached hydrogens (tertiary/aromatic N) is 2. The van der Waals surface area contributed by atoms with Gasteiger partial charge in [-0.05, 0) is 42.0 Å². The summed E-state index contributed by atoms with van der Waals surface area (Å²) in [6.45, 7) is 4.50. The zero-order chi connectivity index (χ0) is 19.0. The van der Waals surface area contributed by atoms with E-state index in [-0.39, 0.29) is 5.75 Å². The summed E-state index contributed by atoms with van der Waals surface area (Å²) in [5.41, 5.74) is 0.784. The van der Waals surface area contributed by atoms with Crippen LogP contribution in [0.15, 0.2) is 30.5 Å². The summed E-state index contributed by atoms with van der Waals surface area (Å²) in [4.78, 5) is 7.70. The van der Waals surface area contributed by atoms with Crippen molar-refractivity contribution >= 4 is 22.9 Å². The van der Waals surface area contributed by atoms with E-state index in [4.69, 9.17) is 11.6 Å². The first-order chi connectivity index (χ1) is 12.9. The minimum absolute atomic E-state index is 0.177. The molecule has 1 aromatic heterocycles. The Balaban J connectivity index is 1.18. The molecule has 4 rings (SSSR count). The van der Waals surface area contributed by atoms with E-state index < -0.39 is 6.36 Å². The highest BCUT2D eigenvalue weighted by atomic mass is 35.5. The van der Waals surface area contributed by atoms with Crippen molar-refractivity contribution in [3.63, 3.8) is 0 Å². The van der Waals surface area contributed by atoms with Crippen LogP contribution in [0.1, 0.15) is 10.4 Å². The number of alkyl halides is 3. The summed E-state index contributed by atoms with van der Waals surface area (Å²) in [5.74, 6) is 1.89. The number of nitrogens with one attached hydrogen (secondary N) is 1. The van der Waals surface area contributed by atoms with E-state index in [9.17, 15) is 13.2 Å². The summed E-state index contributed by atoms with van der Waals surface area (Å²) in [6, 6.07) is 6.11. The molecule has 1 saturated carbocycles. The molecule has 1 N–H and O–H groups in total. The first kappa shape index (κ1) is 19.0. The Morgan fingerprint density at radius 2 is 2.07 bits per heavy atom.